The second-order valence-corrected chi connectivity index (χ2v) is 7.16. The summed E-state index contributed by atoms with van der Waals surface area (Å²) in [4.78, 5) is 16.1. The Morgan fingerprint density at radius 3 is 2.77 bits per heavy atom. The lowest BCUT2D eigenvalue weighted by Crippen LogP contribution is -2.50. The first-order valence-electron chi connectivity index (χ1n) is 7.84. The second-order valence-electron chi connectivity index (χ2n) is 6.02. The number of carbonyl (C=O) groups is 1. The molecule has 4 rings (SSSR count). The number of piperidine rings is 1. The number of likely N-dealkylation sites (tertiary alicyclic amines) is 1. The standard InChI is InChI=1S/C17H20N2OS.ClH/c20-17(19-8-4-1-5-9-19)14-10-13-12-6-2-3-7-15(12)21-16(13)11-18-14;/h2-3,6-7,14,18H,1,4-5,8-11H2;1H/t14-;/m1./s1. The van der Waals surface area contributed by atoms with E-state index in [1.54, 1.807) is 0 Å². The molecule has 0 saturated carbocycles. The molecule has 0 bridgehead atoms. The molecule has 0 aliphatic carbocycles. The van der Waals surface area contributed by atoms with Gasteiger partial charge in [0.25, 0.3) is 0 Å². The van der Waals surface area contributed by atoms with Gasteiger partial charge in [0.05, 0.1) is 6.04 Å². The van der Waals surface area contributed by atoms with Crippen LogP contribution < -0.4 is 5.32 Å². The molecule has 2 aromatic rings. The number of fused-ring (bicyclic) bond motifs is 3. The number of nitrogens with one attached hydrogen (secondary N) is 1. The van der Waals surface area contributed by atoms with Crippen molar-refractivity contribution >= 4 is 39.7 Å². The van der Waals surface area contributed by atoms with E-state index in [1.807, 2.05) is 11.3 Å². The fourth-order valence-electron chi connectivity index (χ4n) is 3.52. The van der Waals surface area contributed by atoms with Crippen LogP contribution in [-0.4, -0.2) is 29.9 Å². The van der Waals surface area contributed by atoms with Crippen molar-refractivity contribution in [3.05, 3.63) is 34.7 Å². The number of hydrogen-bond donors (Lipinski definition) is 1. The third-order valence-corrected chi connectivity index (χ3v) is 5.88. The summed E-state index contributed by atoms with van der Waals surface area (Å²) in [6, 6.07) is 8.53. The first kappa shape index (κ1) is 15.8. The molecule has 3 heterocycles. The Morgan fingerprint density at radius 1 is 1.18 bits per heavy atom. The van der Waals surface area contributed by atoms with E-state index in [9.17, 15) is 4.79 Å². The number of halogens is 1. The molecular weight excluding hydrogens is 316 g/mol. The summed E-state index contributed by atoms with van der Waals surface area (Å²) >= 11 is 1.86. The highest BCUT2D eigenvalue weighted by atomic mass is 35.5. The Bertz CT molecular complexity index is 678. The van der Waals surface area contributed by atoms with E-state index in [4.69, 9.17) is 0 Å². The third-order valence-electron chi connectivity index (χ3n) is 4.67. The minimum absolute atomic E-state index is 0. The van der Waals surface area contributed by atoms with E-state index in [1.165, 1.54) is 26.9 Å². The highest BCUT2D eigenvalue weighted by Crippen LogP contribution is 2.34. The second kappa shape index (κ2) is 6.57. The SMILES string of the molecule is Cl.O=C([C@H]1Cc2c(sc3ccccc23)CN1)N1CCCCC1. The lowest BCUT2D eigenvalue weighted by Gasteiger charge is -2.32. The predicted molar refractivity (Wildman–Crippen MR) is 93.8 cm³/mol. The van der Waals surface area contributed by atoms with E-state index < -0.39 is 0 Å². The minimum atomic E-state index is -0.0337. The van der Waals surface area contributed by atoms with E-state index >= 15 is 0 Å². The molecule has 0 radical (unpaired) electrons. The molecule has 0 spiro atoms. The first-order chi connectivity index (χ1) is 10.3. The largest absolute Gasteiger partial charge is 0.341 e. The molecule has 1 aromatic heterocycles. The van der Waals surface area contributed by atoms with Crippen molar-refractivity contribution < 1.29 is 4.79 Å². The van der Waals surface area contributed by atoms with Crippen molar-refractivity contribution in [2.75, 3.05) is 13.1 Å². The van der Waals surface area contributed by atoms with Crippen LogP contribution in [0.2, 0.25) is 0 Å². The third kappa shape index (κ3) is 2.75. The van der Waals surface area contributed by atoms with Crippen LogP contribution in [0.4, 0.5) is 0 Å². The van der Waals surface area contributed by atoms with Gasteiger partial charge in [0.15, 0.2) is 0 Å². The Morgan fingerprint density at radius 2 is 1.95 bits per heavy atom. The lowest BCUT2D eigenvalue weighted by atomic mass is 9.97. The van der Waals surface area contributed by atoms with Crippen molar-refractivity contribution in [1.29, 1.82) is 0 Å². The number of carbonyl (C=O) groups excluding carboxylic acids is 1. The first-order valence-corrected chi connectivity index (χ1v) is 8.66. The summed E-state index contributed by atoms with van der Waals surface area (Å²) in [5.74, 6) is 0.302. The maximum Gasteiger partial charge on any atom is 0.240 e. The predicted octanol–water partition coefficient (Wildman–Crippen LogP) is 3.35. The smallest absolute Gasteiger partial charge is 0.240 e. The van der Waals surface area contributed by atoms with Crippen LogP contribution in [0.25, 0.3) is 10.1 Å². The Labute approximate surface area is 141 Å². The summed E-state index contributed by atoms with van der Waals surface area (Å²) in [6.45, 7) is 2.71. The lowest BCUT2D eigenvalue weighted by molar-refractivity contribution is -0.134. The fourth-order valence-corrected chi connectivity index (χ4v) is 4.70. The van der Waals surface area contributed by atoms with Gasteiger partial charge in [-0.15, -0.1) is 23.7 Å². The quantitative estimate of drug-likeness (QED) is 0.866. The van der Waals surface area contributed by atoms with Crippen LogP contribution in [0.1, 0.15) is 29.7 Å². The zero-order valence-electron chi connectivity index (χ0n) is 12.5. The number of nitrogens with zero attached hydrogens (tertiary/aromatic N) is 1. The molecule has 1 amide bonds. The van der Waals surface area contributed by atoms with Gasteiger partial charge >= 0.3 is 0 Å². The molecule has 2 aliphatic rings. The Kier molecular flexibility index (Phi) is 4.71. The van der Waals surface area contributed by atoms with Crippen LogP contribution in [0.3, 0.4) is 0 Å². The van der Waals surface area contributed by atoms with Gasteiger partial charge in [-0.1, -0.05) is 18.2 Å². The number of hydrogen-bond acceptors (Lipinski definition) is 3. The number of thiophene rings is 1. The Balaban J connectivity index is 0.00000144. The van der Waals surface area contributed by atoms with E-state index in [2.05, 4.69) is 34.5 Å². The number of amides is 1. The molecule has 0 unspecified atom stereocenters. The van der Waals surface area contributed by atoms with E-state index in [0.29, 0.717) is 5.91 Å². The topological polar surface area (TPSA) is 32.3 Å². The van der Waals surface area contributed by atoms with Crippen molar-refractivity contribution in [1.82, 2.24) is 10.2 Å². The van der Waals surface area contributed by atoms with Gasteiger partial charge in [0, 0.05) is 29.2 Å². The summed E-state index contributed by atoms with van der Waals surface area (Å²) in [6.07, 6.45) is 4.42. The minimum Gasteiger partial charge on any atom is -0.341 e. The molecule has 1 atom stereocenters. The number of benzene rings is 1. The summed E-state index contributed by atoms with van der Waals surface area (Å²) in [5, 5.41) is 4.80. The number of rotatable bonds is 1. The maximum atomic E-state index is 12.7. The van der Waals surface area contributed by atoms with Crippen LogP contribution in [0.15, 0.2) is 24.3 Å². The zero-order chi connectivity index (χ0) is 14.2. The molecule has 5 heteroatoms. The molecule has 1 N–H and O–H groups in total. The van der Waals surface area contributed by atoms with Gasteiger partial charge < -0.3 is 10.2 Å². The van der Waals surface area contributed by atoms with Crippen LogP contribution >= 0.6 is 23.7 Å². The fraction of sp³-hybridized carbons (Fsp3) is 0.471. The summed E-state index contributed by atoms with van der Waals surface area (Å²) in [5.41, 5.74) is 1.39. The molecule has 3 nitrogen and oxygen atoms in total. The van der Waals surface area contributed by atoms with Crippen molar-refractivity contribution in [2.24, 2.45) is 0 Å². The highest BCUT2D eigenvalue weighted by molar-refractivity contribution is 7.19. The van der Waals surface area contributed by atoms with Gasteiger partial charge in [-0.3, -0.25) is 4.79 Å². The summed E-state index contributed by atoms with van der Waals surface area (Å²) < 4.78 is 1.34. The molecule has 1 fully saturated rings. The molecular formula is C17H21ClN2OS. The van der Waals surface area contributed by atoms with Crippen LogP contribution in [-0.2, 0) is 17.8 Å². The molecule has 22 heavy (non-hydrogen) atoms. The van der Waals surface area contributed by atoms with Crippen molar-refractivity contribution in [2.45, 2.75) is 38.3 Å². The van der Waals surface area contributed by atoms with E-state index in [0.717, 1.165) is 38.9 Å². The summed E-state index contributed by atoms with van der Waals surface area (Å²) in [7, 11) is 0. The van der Waals surface area contributed by atoms with Crippen LogP contribution in [0, 0.1) is 0 Å². The zero-order valence-corrected chi connectivity index (χ0v) is 14.1. The van der Waals surface area contributed by atoms with Gasteiger partial charge in [0.1, 0.15) is 0 Å². The molecule has 118 valence electrons. The van der Waals surface area contributed by atoms with Gasteiger partial charge in [0.2, 0.25) is 5.91 Å². The van der Waals surface area contributed by atoms with E-state index in [-0.39, 0.29) is 18.4 Å². The Hall–Kier alpha value is -1.10. The molecule has 2 aliphatic heterocycles. The van der Waals surface area contributed by atoms with Gasteiger partial charge in [-0.05, 0) is 42.7 Å². The van der Waals surface area contributed by atoms with Crippen LogP contribution in [0.5, 0.6) is 0 Å². The monoisotopic (exact) mass is 336 g/mol. The molecule has 1 aromatic carbocycles. The van der Waals surface area contributed by atoms with Crippen molar-refractivity contribution in [3.63, 3.8) is 0 Å². The molecule has 1 saturated heterocycles. The van der Waals surface area contributed by atoms with Gasteiger partial charge in [-0.2, -0.15) is 0 Å². The highest BCUT2D eigenvalue weighted by Gasteiger charge is 2.30. The average molecular weight is 337 g/mol. The van der Waals surface area contributed by atoms with Crippen molar-refractivity contribution in [3.8, 4) is 0 Å². The maximum absolute atomic E-state index is 12.7. The normalized spacial score (nSPS) is 21.3. The van der Waals surface area contributed by atoms with Gasteiger partial charge in [-0.25, -0.2) is 0 Å². The average Bonchev–Trinajstić information content (AvgIpc) is 2.93.